The maximum Gasteiger partial charge on any atom is 0.252 e. The van der Waals surface area contributed by atoms with Crippen molar-refractivity contribution in [1.29, 1.82) is 0 Å². The summed E-state index contributed by atoms with van der Waals surface area (Å²) in [7, 11) is 1.67. The van der Waals surface area contributed by atoms with Crippen LogP contribution in [-0.2, 0) is 4.79 Å². The van der Waals surface area contributed by atoms with Crippen LogP contribution in [0.25, 0.3) is 22.1 Å². The van der Waals surface area contributed by atoms with Crippen LogP contribution in [0.15, 0.2) is 24.0 Å². The maximum atomic E-state index is 13.7. The number of nitrogens with one attached hydrogen (secondary N) is 1. The molecule has 156 valence electrons. The first-order chi connectivity index (χ1) is 14.4. The molecule has 0 saturated heterocycles. The van der Waals surface area contributed by atoms with Gasteiger partial charge in [-0.3, -0.25) is 9.89 Å². The highest BCUT2D eigenvalue weighted by Crippen LogP contribution is 2.46. The lowest BCUT2D eigenvalue weighted by atomic mass is 9.85. The molecule has 3 aromatic rings. The molecule has 5 rings (SSSR count). The van der Waals surface area contributed by atoms with E-state index in [2.05, 4.69) is 20.2 Å². The van der Waals surface area contributed by atoms with E-state index in [9.17, 15) is 13.6 Å². The summed E-state index contributed by atoms with van der Waals surface area (Å²) in [5.41, 5.74) is 1.88. The molecule has 1 fully saturated rings. The lowest BCUT2D eigenvalue weighted by Crippen LogP contribution is -2.61. The summed E-state index contributed by atoms with van der Waals surface area (Å²) in [6, 6.07) is -0.971. The number of H-pyrrole nitrogens is 1. The second-order valence-corrected chi connectivity index (χ2v) is 8.44. The Morgan fingerprint density at radius 1 is 1.30 bits per heavy atom. The molecule has 1 amide bonds. The zero-order chi connectivity index (χ0) is 21.0. The average molecular weight is 431 g/mol. The summed E-state index contributed by atoms with van der Waals surface area (Å²) < 4.78 is 27.3. The molecular weight excluding hydrogens is 412 g/mol. The predicted molar refractivity (Wildman–Crippen MR) is 109 cm³/mol. The zero-order valence-corrected chi connectivity index (χ0v) is 17.2. The summed E-state index contributed by atoms with van der Waals surface area (Å²) in [4.78, 5) is 29.6. The summed E-state index contributed by atoms with van der Waals surface area (Å²) in [5.74, 6) is -1.93. The number of aromatic amines is 1. The lowest BCUT2D eigenvalue weighted by Gasteiger charge is -2.49. The number of amides is 1. The fourth-order valence-corrected chi connectivity index (χ4v) is 4.77. The van der Waals surface area contributed by atoms with Gasteiger partial charge in [-0.25, -0.2) is 23.7 Å². The van der Waals surface area contributed by atoms with E-state index >= 15 is 0 Å². The van der Waals surface area contributed by atoms with Crippen LogP contribution in [0.2, 0.25) is 0 Å². The Morgan fingerprint density at radius 2 is 2.10 bits per heavy atom. The molecule has 1 aliphatic carbocycles. The molecule has 0 spiro atoms. The molecule has 1 saturated carbocycles. The number of halogens is 2. The summed E-state index contributed by atoms with van der Waals surface area (Å²) in [5, 5.41) is 9.65. The largest absolute Gasteiger partial charge is 0.339 e. The van der Waals surface area contributed by atoms with Crippen molar-refractivity contribution >= 4 is 28.7 Å². The van der Waals surface area contributed by atoms with E-state index in [0.29, 0.717) is 35.0 Å². The number of carbonyl (C=O) groups excluding carboxylic acids is 1. The quantitative estimate of drug-likeness (QED) is 0.681. The fraction of sp³-hybridized carbons (Fsp3) is 0.421. The Bertz CT molecular complexity index is 1090. The van der Waals surface area contributed by atoms with Crippen LogP contribution in [-0.4, -0.2) is 56.1 Å². The monoisotopic (exact) mass is 431 g/mol. The zero-order valence-electron chi connectivity index (χ0n) is 16.3. The van der Waals surface area contributed by atoms with E-state index in [-0.39, 0.29) is 18.7 Å². The van der Waals surface area contributed by atoms with Gasteiger partial charge in [0.2, 0.25) is 5.91 Å². The van der Waals surface area contributed by atoms with Gasteiger partial charge in [0.05, 0.1) is 18.0 Å². The first-order valence-electron chi connectivity index (χ1n) is 9.64. The third kappa shape index (κ3) is 2.87. The number of hydrogen-bond donors (Lipinski definition) is 1. The minimum Gasteiger partial charge on any atom is -0.339 e. The van der Waals surface area contributed by atoms with Crippen LogP contribution in [0.4, 0.5) is 20.3 Å². The highest BCUT2D eigenvalue weighted by Gasteiger charge is 2.52. The van der Waals surface area contributed by atoms with Gasteiger partial charge in [0, 0.05) is 37.5 Å². The molecule has 0 aromatic carbocycles. The van der Waals surface area contributed by atoms with Gasteiger partial charge in [0.15, 0.2) is 11.6 Å². The summed E-state index contributed by atoms with van der Waals surface area (Å²) in [6.07, 6.45) is 4.83. The Balaban J connectivity index is 1.61. The maximum absolute atomic E-state index is 13.7. The molecule has 1 aliphatic heterocycles. The van der Waals surface area contributed by atoms with Crippen molar-refractivity contribution in [1.82, 2.24) is 25.1 Å². The minimum atomic E-state index is -2.70. The molecule has 0 unspecified atom stereocenters. The van der Waals surface area contributed by atoms with Gasteiger partial charge in [-0.2, -0.15) is 5.10 Å². The Morgan fingerprint density at radius 3 is 2.77 bits per heavy atom. The molecule has 1 atom stereocenters. The topological polar surface area (TPSA) is 90.9 Å². The fourth-order valence-electron chi connectivity index (χ4n) is 4.12. The average Bonchev–Trinajstić information content (AvgIpc) is 3.39. The number of hydrogen-bond acceptors (Lipinski definition) is 7. The van der Waals surface area contributed by atoms with Crippen molar-refractivity contribution in [3.63, 3.8) is 0 Å². The van der Waals surface area contributed by atoms with Crippen molar-refractivity contribution in [2.24, 2.45) is 0 Å². The van der Waals surface area contributed by atoms with E-state index in [0.717, 1.165) is 5.01 Å². The predicted octanol–water partition coefficient (Wildman–Crippen LogP) is 3.35. The highest BCUT2D eigenvalue weighted by atomic mass is 32.1. The molecule has 3 aromatic heterocycles. The Kier molecular flexibility index (Phi) is 4.31. The Hall–Kier alpha value is -2.95. The van der Waals surface area contributed by atoms with Crippen LogP contribution >= 0.6 is 11.3 Å². The number of likely N-dealkylation sites (N-methyl/N-ethyl adjacent to an activating group) is 1. The molecule has 11 heteroatoms. The lowest BCUT2D eigenvalue weighted by molar-refractivity contribution is -0.122. The molecule has 8 nitrogen and oxygen atoms in total. The van der Waals surface area contributed by atoms with Crippen molar-refractivity contribution < 1.29 is 13.6 Å². The van der Waals surface area contributed by atoms with Crippen LogP contribution in [0.1, 0.15) is 26.2 Å². The first kappa shape index (κ1) is 19.0. The van der Waals surface area contributed by atoms with Crippen LogP contribution < -0.4 is 9.80 Å². The minimum absolute atomic E-state index is 0.136. The smallest absolute Gasteiger partial charge is 0.252 e. The van der Waals surface area contributed by atoms with Crippen molar-refractivity contribution in [2.75, 3.05) is 16.8 Å². The van der Waals surface area contributed by atoms with E-state index < -0.39 is 18.0 Å². The van der Waals surface area contributed by atoms with E-state index in [1.165, 1.54) is 16.2 Å². The second kappa shape index (κ2) is 6.79. The first-order valence-corrected chi connectivity index (χ1v) is 10.5. The van der Waals surface area contributed by atoms with Gasteiger partial charge >= 0.3 is 0 Å². The number of alkyl halides is 2. The van der Waals surface area contributed by atoms with Crippen LogP contribution in [0, 0.1) is 0 Å². The van der Waals surface area contributed by atoms with Crippen LogP contribution in [0.5, 0.6) is 0 Å². The molecule has 30 heavy (non-hydrogen) atoms. The molecular formula is C19H19F2N7OS. The third-order valence-electron chi connectivity index (χ3n) is 5.68. The number of anilines is 2. The van der Waals surface area contributed by atoms with E-state index in [1.807, 2.05) is 12.3 Å². The van der Waals surface area contributed by atoms with Crippen molar-refractivity contribution in [3.8, 4) is 22.1 Å². The molecule has 0 radical (unpaired) electrons. The van der Waals surface area contributed by atoms with Crippen LogP contribution in [0.3, 0.4) is 0 Å². The summed E-state index contributed by atoms with van der Waals surface area (Å²) >= 11 is 1.46. The van der Waals surface area contributed by atoms with Gasteiger partial charge < -0.3 is 9.80 Å². The number of nitrogens with zero attached hydrogens (tertiary/aromatic N) is 6. The standard InChI is InChI=1S/C19H19F2N7OS/c1-3-12-18(29)27(2)13-9-23-15(11-8-24-26-14(11)17-22-4-5-30-17)25-16(13)28(12)10-6-19(20,21)7-10/h4-5,8-10,12H,3,6-7H2,1-2H3,(H,24,26)/t12-/m1/s1. The highest BCUT2D eigenvalue weighted by molar-refractivity contribution is 7.13. The second-order valence-electron chi connectivity index (χ2n) is 7.54. The SMILES string of the molecule is CC[C@@H]1C(=O)N(C)c2cnc(-c3cn[nH]c3-c3nccs3)nc2N1C1CC(F)(F)C1. The summed E-state index contributed by atoms with van der Waals surface area (Å²) in [6.45, 7) is 1.88. The van der Waals surface area contributed by atoms with Gasteiger partial charge in [-0.15, -0.1) is 11.3 Å². The number of aromatic nitrogens is 5. The van der Waals surface area contributed by atoms with Gasteiger partial charge in [-0.1, -0.05) is 6.92 Å². The number of fused-ring (bicyclic) bond motifs is 1. The normalized spacial score (nSPS) is 20.9. The molecule has 1 N–H and O–H groups in total. The third-order valence-corrected chi connectivity index (χ3v) is 6.47. The molecule has 2 aliphatic rings. The number of carbonyl (C=O) groups is 1. The number of thiazole rings is 1. The van der Waals surface area contributed by atoms with Gasteiger partial charge in [0.25, 0.3) is 5.92 Å². The van der Waals surface area contributed by atoms with E-state index in [1.54, 1.807) is 30.5 Å². The molecule has 4 heterocycles. The van der Waals surface area contributed by atoms with Crippen molar-refractivity contribution in [3.05, 3.63) is 24.0 Å². The Labute approximate surface area is 175 Å². The number of rotatable bonds is 4. The van der Waals surface area contributed by atoms with E-state index in [4.69, 9.17) is 4.98 Å². The van der Waals surface area contributed by atoms with Gasteiger partial charge in [-0.05, 0) is 6.42 Å². The molecule has 0 bridgehead atoms. The van der Waals surface area contributed by atoms with Crippen molar-refractivity contribution in [2.45, 2.75) is 44.2 Å². The van der Waals surface area contributed by atoms with Gasteiger partial charge in [0.1, 0.15) is 22.4 Å².